The number of hydrogen-bond acceptors (Lipinski definition) is 1. The van der Waals surface area contributed by atoms with Crippen molar-refractivity contribution in [2.24, 2.45) is 0 Å². The lowest BCUT2D eigenvalue weighted by Crippen LogP contribution is -2.09. The number of aromatic amines is 1. The number of H-pyrrole nitrogens is 1. The maximum atomic E-state index is 12.3. The van der Waals surface area contributed by atoms with E-state index < -0.39 is 0 Å². The fourth-order valence-corrected chi connectivity index (χ4v) is 3.65. The summed E-state index contributed by atoms with van der Waals surface area (Å²) in [6.45, 7) is 2.13. The van der Waals surface area contributed by atoms with Crippen LogP contribution in [-0.4, -0.2) is 4.98 Å². The molecule has 1 aliphatic carbocycles. The topological polar surface area (TPSA) is 32.9 Å². The quantitative estimate of drug-likeness (QED) is 0.867. The van der Waals surface area contributed by atoms with E-state index in [9.17, 15) is 4.79 Å². The predicted molar refractivity (Wildman–Crippen MR) is 82.9 cm³/mol. The van der Waals surface area contributed by atoms with E-state index in [2.05, 4.69) is 33.9 Å². The molecule has 1 aliphatic rings. The number of nitrogens with one attached hydrogen (secondary N) is 1. The molecule has 0 amide bonds. The average Bonchev–Trinajstić information content (AvgIpc) is 2.92. The Balaban J connectivity index is 2.23. The van der Waals surface area contributed by atoms with E-state index in [1.807, 2.05) is 12.1 Å². The third-order valence-electron chi connectivity index (χ3n) is 4.18. The normalized spacial score (nSPS) is 16.3. The molecule has 1 heterocycles. The third kappa shape index (κ3) is 2.36. The van der Waals surface area contributed by atoms with Gasteiger partial charge >= 0.3 is 0 Å². The van der Waals surface area contributed by atoms with Gasteiger partial charge in [-0.25, -0.2) is 0 Å². The molecule has 19 heavy (non-hydrogen) atoms. The summed E-state index contributed by atoms with van der Waals surface area (Å²) < 4.78 is 0.982. The van der Waals surface area contributed by atoms with Crippen LogP contribution in [0, 0.1) is 0 Å². The minimum absolute atomic E-state index is 0.145. The first-order valence-electron chi connectivity index (χ1n) is 7.04. The fourth-order valence-electron chi connectivity index (χ4n) is 3.14. The number of hydrogen-bond donors (Lipinski definition) is 1. The first-order valence-corrected chi connectivity index (χ1v) is 7.83. The Hall–Kier alpha value is -1.09. The summed E-state index contributed by atoms with van der Waals surface area (Å²) in [5, 5.41) is 0.799. The van der Waals surface area contributed by atoms with Gasteiger partial charge < -0.3 is 4.98 Å². The molecular formula is C16H18BrNO. The van der Waals surface area contributed by atoms with Crippen LogP contribution >= 0.6 is 15.9 Å². The summed E-state index contributed by atoms with van der Waals surface area (Å²) in [4.78, 5) is 15.9. The SMILES string of the molecule is CCc1cc(Br)cc2c(=O)cc(C3CCCC3)[nH]c12. The zero-order chi connectivity index (χ0) is 13.4. The van der Waals surface area contributed by atoms with E-state index in [-0.39, 0.29) is 5.43 Å². The molecule has 0 bridgehead atoms. The molecule has 3 heteroatoms. The zero-order valence-electron chi connectivity index (χ0n) is 11.1. The molecule has 2 aromatic rings. The summed E-state index contributed by atoms with van der Waals surface area (Å²) in [5.74, 6) is 0.547. The van der Waals surface area contributed by atoms with Crippen molar-refractivity contribution in [2.75, 3.05) is 0 Å². The number of fused-ring (bicyclic) bond motifs is 1. The van der Waals surface area contributed by atoms with Crippen LogP contribution in [0.15, 0.2) is 27.5 Å². The molecule has 3 rings (SSSR count). The zero-order valence-corrected chi connectivity index (χ0v) is 12.7. The van der Waals surface area contributed by atoms with E-state index >= 15 is 0 Å². The van der Waals surface area contributed by atoms with Crippen molar-refractivity contribution in [1.82, 2.24) is 4.98 Å². The van der Waals surface area contributed by atoms with Gasteiger partial charge in [-0.15, -0.1) is 0 Å². The van der Waals surface area contributed by atoms with Crippen molar-refractivity contribution in [3.63, 3.8) is 0 Å². The summed E-state index contributed by atoms with van der Waals surface area (Å²) in [6, 6.07) is 5.84. The molecule has 1 N–H and O–H groups in total. The van der Waals surface area contributed by atoms with Crippen molar-refractivity contribution in [3.8, 4) is 0 Å². The second-order valence-corrected chi connectivity index (χ2v) is 6.33. The molecule has 1 saturated carbocycles. The third-order valence-corrected chi connectivity index (χ3v) is 4.64. The largest absolute Gasteiger partial charge is 0.358 e. The van der Waals surface area contributed by atoms with Crippen LogP contribution in [-0.2, 0) is 6.42 Å². The van der Waals surface area contributed by atoms with Crippen LogP contribution in [0.1, 0.15) is 49.8 Å². The number of aromatic nitrogens is 1. The van der Waals surface area contributed by atoms with Crippen molar-refractivity contribution >= 4 is 26.8 Å². The lowest BCUT2D eigenvalue weighted by Gasteiger charge is -2.13. The Morgan fingerprint density at radius 1 is 1.26 bits per heavy atom. The summed E-state index contributed by atoms with van der Waals surface area (Å²) >= 11 is 3.49. The highest BCUT2D eigenvalue weighted by molar-refractivity contribution is 9.10. The van der Waals surface area contributed by atoms with E-state index in [4.69, 9.17) is 0 Å². The number of rotatable bonds is 2. The van der Waals surface area contributed by atoms with E-state index in [0.717, 1.165) is 27.5 Å². The highest BCUT2D eigenvalue weighted by Gasteiger charge is 2.19. The van der Waals surface area contributed by atoms with Gasteiger partial charge in [0.25, 0.3) is 0 Å². The van der Waals surface area contributed by atoms with Crippen molar-refractivity contribution < 1.29 is 0 Å². The Kier molecular flexibility index (Phi) is 3.48. The molecule has 0 saturated heterocycles. The molecule has 1 aromatic heterocycles. The first-order chi connectivity index (χ1) is 9.19. The van der Waals surface area contributed by atoms with Gasteiger partial charge in [0, 0.05) is 21.6 Å². The molecule has 0 aliphatic heterocycles. The maximum absolute atomic E-state index is 12.3. The monoisotopic (exact) mass is 319 g/mol. The van der Waals surface area contributed by atoms with Gasteiger partial charge in [0.1, 0.15) is 0 Å². The van der Waals surface area contributed by atoms with Gasteiger partial charge in [0.05, 0.1) is 5.52 Å². The second-order valence-electron chi connectivity index (χ2n) is 5.41. The Morgan fingerprint density at radius 3 is 2.68 bits per heavy atom. The fraction of sp³-hybridized carbons (Fsp3) is 0.438. The molecule has 0 atom stereocenters. The van der Waals surface area contributed by atoms with Crippen LogP contribution in [0.2, 0.25) is 0 Å². The van der Waals surface area contributed by atoms with Crippen molar-refractivity contribution in [2.45, 2.75) is 44.9 Å². The molecule has 0 spiro atoms. The van der Waals surface area contributed by atoms with Gasteiger partial charge in [-0.1, -0.05) is 35.7 Å². The minimum atomic E-state index is 0.145. The molecule has 0 unspecified atom stereocenters. The van der Waals surface area contributed by atoms with Crippen LogP contribution in [0.4, 0.5) is 0 Å². The lowest BCUT2D eigenvalue weighted by molar-refractivity contribution is 0.700. The number of aryl methyl sites for hydroxylation is 1. The highest BCUT2D eigenvalue weighted by Crippen LogP contribution is 2.33. The smallest absolute Gasteiger partial charge is 0.189 e. The summed E-state index contributed by atoms with van der Waals surface area (Å²) in [6.07, 6.45) is 5.91. The average molecular weight is 320 g/mol. The lowest BCUT2D eigenvalue weighted by atomic mass is 10.0. The van der Waals surface area contributed by atoms with Crippen molar-refractivity contribution in [3.05, 3.63) is 44.2 Å². The Labute approximate surface area is 121 Å². The standard InChI is InChI=1S/C16H18BrNO/c1-2-10-7-12(17)8-13-15(19)9-14(18-16(10)13)11-5-3-4-6-11/h7-9,11H,2-6H2,1H3,(H,18,19). The Bertz CT molecular complexity index is 668. The molecule has 1 fully saturated rings. The summed E-state index contributed by atoms with van der Waals surface area (Å²) in [7, 11) is 0. The van der Waals surface area contributed by atoms with Gasteiger partial charge in [-0.05, 0) is 42.9 Å². The van der Waals surface area contributed by atoms with E-state index in [1.165, 1.54) is 31.2 Å². The number of halogens is 1. The highest BCUT2D eigenvalue weighted by atomic mass is 79.9. The number of benzene rings is 1. The minimum Gasteiger partial charge on any atom is -0.358 e. The van der Waals surface area contributed by atoms with Crippen LogP contribution in [0.25, 0.3) is 10.9 Å². The second kappa shape index (κ2) is 5.12. The number of pyridine rings is 1. The van der Waals surface area contributed by atoms with E-state index in [0.29, 0.717) is 5.92 Å². The van der Waals surface area contributed by atoms with Gasteiger partial charge in [0.2, 0.25) is 0 Å². The Morgan fingerprint density at radius 2 is 2.00 bits per heavy atom. The van der Waals surface area contributed by atoms with Gasteiger partial charge in [-0.2, -0.15) is 0 Å². The van der Waals surface area contributed by atoms with Gasteiger partial charge in [-0.3, -0.25) is 4.79 Å². The molecule has 1 aromatic carbocycles. The van der Waals surface area contributed by atoms with Gasteiger partial charge in [0.15, 0.2) is 5.43 Å². The predicted octanol–water partition coefficient (Wildman–Crippen LogP) is 4.51. The molecule has 0 radical (unpaired) electrons. The van der Waals surface area contributed by atoms with Crippen LogP contribution < -0.4 is 5.43 Å². The van der Waals surface area contributed by atoms with Crippen molar-refractivity contribution in [1.29, 1.82) is 0 Å². The summed E-state index contributed by atoms with van der Waals surface area (Å²) in [5.41, 5.74) is 3.51. The van der Waals surface area contributed by atoms with Crippen LogP contribution in [0.3, 0.4) is 0 Å². The molecular weight excluding hydrogens is 302 g/mol. The maximum Gasteiger partial charge on any atom is 0.189 e. The first kappa shape index (κ1) is 12.9. The molecule has 100 valence electrons. The van der Waals surface area contributed by atoms with Crippen LogP contribution in [0.5, 0.6) is 0 Å². The molecule has 2 nitrogen and oxygen atoms in total. The van der Waals surface area contributed by atoms with E-state index in [1.54, 1.807) is 0 Å².